The second-order valence-electron chi connectivity index (χ2n) is 5.90. The van der Waals surface area contributed by atoms with Gasteiger partial charge in [-0.3, -0.25) is 25.7 Å². The molecular weight excluding hydrogens is 308 g/mol. The van der Waals surface area contributed by atoms with E-state index >= 15 is 0 Å². The van der Waals surface area contributed by atoms with Gasteiger partial charge in [-0.2, -0.15) is 0 Å². The van der Waals surface area contributed by atoms with E-state index < -0.39 is 23.8 Å². The first-order chi connectivity index (χ1) is 10.8. The summed E-state index contributed by atoms with van der Waals surface area (Å²) in [6.45, 7) is 2.65. The van der Waals surface area contributed by atoms with Gasteiger partial charge in [0.25, 0.3) is 12.3 Å². The molecule has 1 aliphatic heterocycles. The van der Waals surface area contributed by atoms with E-state index in [0.717, 1.165) is 10.6 Å². The molecule has 1 aromatic rings. The lowest BCUT2D eigenvalue weighted by molar-refractivity contribution is -0.194. The lowest BCUT2D eigenvalue weighted by atomic mass is 9.91. The average Bonchev–Trinajstić information content (AvgIpc) is 3.02. The van der Waals surface area contributed by atoms with Crippen LogP contribution in [-0.2, 0) is 9.63 Å². The summed E-state index contributed by atoms with van der Waals surface area (Å²) in [4.78, 5) is 17.6. The zero-order valence-corrected chi connectivity index (χ0v) is 12.8. The lowest BCUT2D eigenvalue weighted by Gasteiger charge is -2.31. The summed E-state index contributed by atoms with van der Waals surface area (Å²) in [5, 5.41) is 17.2. The highest BCUT2D eigenvalue weighted by Crippen LogP contribution is 2.36. The number of carbonyl (C=O) groups is 1. The molecule has 0 radical (unpaired) electrons. The fraction of sp³-hybridized carbons (Fsp3) is 0.467. The molecule has 8 heteroatoms. The van der Waals surface area contributed by atoms with Gasteiger partial charge < -0.3 is 0 Å². The van der Waals surface area contributed by atoms with E-state index in [2.05, 4.69) is 0 Å². The quantitative estimate of drug-likeness (QED) is 0.450. The molecule has 1 aliphatic rings. The number of halogens is 2. The Bertz CT molecular complexity index is 590. The third kappa shape index (κ3) is 3.32. The Balaban J connectivity index is 2.22. The van der Waals surface area contributed by atoms with Crippen LogP contribution in [0, 0.1) is 10.8 Å². The predicted molar refractivity (Wildman–Crippen MR) is 78.1 cm³/mol. The van der Waals surface area contributed by atoms with Gasteiger partial charge in [0.15, 0.2) is 0 Å². The summed E-state index contributed by atoms with van der Waals surface area (Å²) in [5.74, 6) is -0.921. The molecule has 1 aromatic carbocycles. The number of nitrogens with zero attached hydrogens (tertiary/aromatic N) is 1. The number of nitrogens with one attached hydrogen (secondary N) is 2. The highest BCUT2D eigenvalue weighted by atomic mass is 19.3. The van der Waals surface area contributed by atoms with Crippen molar-refractivity contribution < 1.29 is 23.6 Å². The van der Waals surface area contributed by atoms with Crippen molar-refractivity contribution in [2.24, 2.45) is 5.41 Å². The van der Waals surface area contributed by atoms with Crippen molar-refractivity contribution in [1.29, 1.82) is 5.41 Å². The maximum absolute atomic E-state index is 13.1. The first-order valence-electron chi connectivity index (χ1n) is 7.12. The summed E-state index contributed by atoms with van der Waals surface area (Å²) < 4.78 is 26.1. The molecule has 0 aromatic heterocycles. The zero-order valence-electron chi connectivity index (χ0n) is 12.8. The van der Waals surface area contributed by atoms with Gasteiger partial charge in [-0.05, 0) is 19.4 Å². The molecule has 1 fully saturated rings. The Labute approximate surface area is 132 Å². The van der Waals surface area contributed by atoms with Gasteiger partial charge in [0.1, 0.15) is 11.3 Å². The van der Waals surface area contributed by atoms with E-state index in [9.17, 15) is 13.6 Å². The first-order valence-corrected chi connectivity index (χ1v) is 7.12. The molecule has 0 spiro atoms. The summed E-state index contributed by atoms with van der Waals surface area (Å²) in [6, 6.07) is 6.10. The maximum Gasteiger partial charge on any atom is 0.258 e. The second kappa shape index (κ2) is 6.59. The number of amides is 1. The van der Waals surface area contributed by atoms with Crippen LogP contribution in [0.25, 0.3) is 0 Å². The number of hydrogen-bond acceptors (Lipinski definition) is 4. The first kappa shape index (κ1) is 17.3. The van der Waals surface area contributed by atoms with E-state index in [-0.39, 0.29) is 12.4 Å². The number of hydrogen-bond donors (Lipinski definition) is 3. The highest BCUT2D eigenvalue weighted by molar-refractivity contribution is 5.95. The van der Waals surface area contributed by atoms with Crippen LogP contribution in [0.5, 0.6) is 0 Å². The minimum atomic E-state index is -2.79. The highest BCUT2D eigenvalue weighted by Gasteiger charge is 2.45. The zero-order chi connectivity index (χ0) is 17.2. The van der Waals surface area contributed by atoms with Gasteiger partial charge in [-0.15, -0.1) is 0 Å². The Morgan fingerprint density at radius 3 is 2.57 bits per heavy atom. The van der Waals surface area contributed by atoms with E-state index in [1.165, 1.54) is 13.8 Å². The normalized spacial score (nSPS) is 18.3. The van der Waals surface area contributed by atoms with Crippen LogP contribution in [0.1, 0.15) is 37.4 Å². The van der Waals surface area contributed by atoms with Crippen LogP contribution < -0.4 is 5.48 Å². The number of alkyl halides is 2. The van der Waals surface area contributed by atoms with Gasteiger partial charge in [0.05, 0.1) is 12.6 Å². The van der Waals surface area contributed by atoms with Crippen molar-refractivity contribution >= 4 is 11.7 Å². The summed E-state index contributed by atoms with van der Waals surface area (Å²) in [7, 11) is 0. The minimum absolute atomic E-state index is 0.161. The summed E-state index contributed by atoms with van der Waals surface area (Å²) >= 11 is 0. The van der Waals surface area contributed by atoms with Crippen molar-refractivity contribution in [3.05, 3.63) is 35.4 Å². The summed E-state index contributed by atoms with van der Waals surface area (Å²) in [5.41, 5.74) is 1.09. The van der Waals surface area contributed by atoms with Gasteiger partial charge in [0, 0.05) is 12.0 Å². The topological polar surface area (TPSA) is 85.7 Å². The fourth-order valence-corrected chi connectivity index (χ4v) is 2.29. The molecule has 23 heavy (non-hydrogen) atoms. The molecule has 0 saturated carbocycles. The molecule has 1 unspecified atom stereocenters. The molecule has 1 saturated heterocycles. The largest absolute Gasteiger partial charge is 0.290 e. The van der Waals surface area contributed by atoms with Gasteiger partial charge >= 0.3 is 0 Å². The number of hydroxylamine groups is 3. The van der Waals surface area contributed by atoms with Crippen molar-refractivity contribution in [1.82, 2.24) is 10.5 Å². The lowest BCUT2D eigenvalue weighted by Crippen LogP contribution is -2.43. The van der Waals surface area contributed by atoms with Gasteiger partial charge in [-0.1, -0.05) is 24.3 Å². The Morgan fingerprint density at radius 1 is 1.43 bits per heavy atom. The number of benzene rings is 1. The number of rotatable bonds is 4. The van der Waals surface area contributed by atoms with Crippen molar-refractivity contribution in [3.8, 4) is 0 Å². The van der Waals surface area contributed by atoms with Crippen molar-refractivity contribution in [2.45, 2.75) is 32.7 Å². The molecular formula is C15H19F2N3O3. The van der Waals surface area contributed by atoms with E-state index in [0.29, 0.717) is 12.0 Å². The SMILES string of the molecule is CC(C)(C(=O)N1OCCC1c1ccc(C(=N)NO)cc1)C(F)F. The molecule has 3 N–H and O–H groups in total. The predicted octanol–water partition coefficient (Wildman–Crippen LogP) is 2.49. The van der Waals surface area contributed by atoms with E-state index in [1.807, 2.05) is 0 Å². The third-order valence-electron chi connectivity index (χ3n) is 3.90. The third-order valence-corrected chi connectivity index (χ3v) is 3.90. The average molecular weight is 327 g/mol. The van der Waals surface area contributed by atoms with Gasteiger partial charge in [-0.25, -0.2) is 13.8 Å². The Kier molecular flexibility index (Phi) is 4.96. The van der Waals surface area contributed by atoms with Crippen LogP contribution in [0.15, 0.2) is 24.3 Å². The summed E-state index contributed by atoms with van der Waals surface area (Å²) in [6.07, 6.45) is -2.29. The van der Waals surface area contributed by atoms with Crippen LogP contribution in [0.4, 0.5) is 8.78 Å². The molecule has 1 amide bonds. The van der Waals surface area contributed by atoms with Crippen molar-refractivity contribution in [3.63, 3.8) is 0 Å². The molecule has 1 atom stereocenters. The maximum atomic E-state index is 13.1. The monoisotopic (exact) mass is 327 g/mol. The molecule has 0 bridgehead atoms. The minimum Gasteiger partial charge on any atom is -0.290 e. The van der Waals surface area contributed by atoms with E-state index in [4.69, 9.17) is 15.5 Å². The molecule has 0 aliphatic carbocycles. The standard InChI is InChI=1S/C15H19F2N3O3/c1-15(2,13(16)17)14(21)20-11(7-8-23-20)9-3-5-10(6-4-9)12(18)19-22/h3-6,11,13,22H,7-8H2,1-2H3,(H2,18,19). The van der Waals surface area contributed by atoms with Crippen LogP contribution in [-0.4, -0.2) is 35.0 Å². The number of carbonyl (C=O) groups excluding carboxylic acids is 1. The molecule has 1 heterocycles. The van der Waals surface area contributed by atoms with Crippen LogP contribution >= 0.6 is 0 Å². The van der Waals surface area contributed by atoms with Crippen molar-refractivity contribution in [2.75, 3.05) is 6.61 Å². The molecule has 6 nitrogen and oxygen atoms in total. The van der Waals surface area contributed by atoms with Crippen LogP contribution in [0.3, 0.4) is 0 Å². The second-order valence-corrected chi connectivity index (χ2v) is 5.90. The molecule has 2 rings (SSSR count). The smallest absolute Gasteiger partial charge is 0.258 e. The van der Waals surface area contributed by atoms with E-state index in [1.54, 1.807) is 29.7 Å². The fourth-order valence-electron chi connectivity index (χ4n) is 2.29. The van der Waals surface area contributed by atoms with Gasteiger partial charge in [0.2, 0.25) is 0 Å². The number of amidine groups is 1. The van der Waals surface area contributed by atoms with Crippen LogP contribution in [0.2, 0.25) is 0 Å². The molecule has 126 valence electrons. The Hall–Kier alpha value is -2.06. The Morgan fingerprint density at radius 2 is 2.04 bits per heavy atom.